The minimum atomic E-state index is -0.637. The van der Waals surface area contributed by atoms with Crippen molar-refractivity contribution in [2.45, 2.75) is 25.3 Å². The van der Waals surface area contributed by atoms with Crippen molar-refractivity contribution in [3.63, 3.8) is 0 Å². The van der Waals surface area contributed by atoms with Crippen LogP contribution in [-0.2, 0) is 0 Å². The van der Waals surface area contributed by atoms with Crippen LogP contribution in [0.3, 0.4) is 0 Å². The zero-order valence-electron chi connectivity index (χ0n) is 11.8. The first-order valence-electron chi connectivity index (χ1n) is 6.66. The number of allylic oxidation sites excluding steroid dienone is 3. The van der Waals surface area contributed by atoms with Crippen LogP contribution >= 0.6 is 0 Å². The highest BCUT2D eigenvalue weighted by Crippen LogP contribution is 2.45. The number of hydroxylamine groups is 1. The van der Waals surface area contributed by atoms with E-state index in [1.807, 2.05) is 31.2 Å². The van der Waals surface area contributed by atoms with Crippen LogP contribution < -0.4 is 10.8 Å². The van der Waals surface area contributed by atoms with Crippen LogP contribution in [0.4, 0.5) is 5.95 Å². The summed E-state index contributed by atoms with van der Waals surface area (Å²) in [7, 11) is 0. The highest BCUT2D eigenvalue weighted by Gasteiger charge is 2.45. The first-order valence-corrected chi connectivity index (χ1v) is 6.66. The predicted octanol–water partition coefficient (Wildman–Crippen LogP) is 2.23. The molecule has 1 saturated carbocycles. The van der Waals surface area contributed by atoms with E-state index in [2.05, 4.69) is 21.9 Å². The van der Waals surface area contributed by atoms with Crippen molar-refractivity contribution < 1.29 is 10.0 Å². The van der Waals surface area contributed by atoms with Gasteiger partial charge < -0.3 is 5.32 Å². The van der Waals surface area contributed by atoms with Gasteiger partial charge in [-0.15, -0.1) is 0 Å². The first-order chi connectivity index (χ1) is 10.1. The van der Waals surface area contributed by atoms with E-state index in [9.17, 15) is 4.79 Å². The second-order valence-electron chi connectivity index (χ2n) is 4.80. The molecule has 6 nitrogen and oxygen atoms in total. The number of aromatic nitrogens is 2. The van der Waals surface area contributed by atoms with Gasteiger partial charge in [0, 0.05) is 12.4 Å². The molecule has 21 heavy (non-hydrogen) atoms. The summed E-state index contributed by atoms with van der Waals surface area (Å²) in [6.07, 6.45) is 12.4. The van der Waals surface area contributed by atoms with Gasteiger partial charge in [-0.2, -0.15) is 0 Å². The monoisotopic (exact) mass is 286 g/mol. The lowest BCUT2D eigenvalue weighted by Gasteiger charge is -2.18. The lowest BCUT2D eigenvalue weighted by Crippen LogP contribution is -2.25. The normalized spacial score (nSPS) is 16.6. The van der Waals surface area contributed by atoms with Crippen LogP contribution in [0.15, 0.2) is 48.8 Å². The summed E-state index contributed by atoms with van der Waals surface area (Å²) in [4.78, 5) is 19.4. The van der Waals surface area contributed by atoms with E-state index in [-0.39, 0.29) is 11.1 Å². The first kappa shape index (κ1) is 14.9. The van der Waals surface area contributed by atoms with E-state index >= 15 is 0 Å². The van der Waals surface area contributed by atoms with Crippen molar-refractivity contribution in [1.29, 1.82) is 0 Å². The smallest absolute Gasteiger partial charge is 0.277 e. The zero-order chi connectivity index (χ0) is 15.3. The Morgan fingerprint density at radius 1 is 1.43 bits per heavy atom. The van der Waals surface area contributed by atoms with Gasteiger partial charge in [0.25, 0.3) is 5.91 Å². The van der Waals surface area contributed by atoms with Crippen molar-refractivity contribution in [1.82, 2.24) is 15.4 Å². The van der Waals surface area contributed by atoms with E-state index in [0.29, 0.717) is 5.95 Å². The van der Waals surface area contributed by atoms with Gasteiger partial charge in [-0.05, 0) is 25.3 Å². The van der Waals surface area contributed by atoms with E-state index in [0.717, 1.165) is 18.4 Å². The summed E-state index contributed by atoms with van der Waals surface area (Å²) in [5, 5.41) is 11.8. The summed E-state index contributed by atoms with van der Waals surface area (Å²) in [6, 6.07) is 0. The molecule has 0 aliphatic heterocycles. The lowest BCUT2D eigenvalue weighted by atomic mass is 10.0. The molecule has 0 aromatic carbocycles. The van der Waals surface area contributed by atoms with Gasteiger partial charge in [-0.25, -0.2) is 15.4 Å². The maximum atomic E-state index is 11.2. The topological polar surface area (TPSA) is 87.1 Å². The number of rotatable bonds is 6. The van der Waals surface area contributed by atoms with Crippen LogP contribution in [-0.4, -0.2) is 26.6 Å². The lowest BCUT2D eigenvalue weighted by molar-refractivity contribution is 0.0705. The zero-order valence-corrected chi connectivity index (χ0v) is 11.8. The molecule has 0 bridgehead atoms. The molecule has 1 aliphatic carbocycles. The molecule has 110 valence electrons. The minimum Gasteiger partial charge on any atom is -0.345 e. The highest BCUT2D eigenvalue weighted by atomic mass is 16.5. The summed E-state index contributed by atoms with van der Waals surface area (Å²) < 4.78 is 0. The molecule has 1 aliphatic rings. The van der Waals surface area contributed by atoms with E-state index in [1.165, 1.54) is 12.4 Å². The second-order valence-corrected chi connectivity index (χ2v) is 4.80. The van der Waals surface area contributed by atoms with Crippen LogP contribution in [0.25, 0.3) is 0 Å². The van der Waals surface area contributed by atoms with Gasteiger partial charge in [0.2, 0.25) is 5.95 Å². The third-order valence-electron chi connectivity index (χ3n) is 3.36. The standard InChI is InChI=1S/C15H18N4O2/c1-3-5-6-12(4-2)15(7-8-15)18-14-16-9-11(10-17-14)13(20)19-21/h3-6,9-10,21H,2,7-8H2,1H3,(H,19,20)(H,16,17,18)/b5-3-,12-6+. The number of hydrogen-bond donors (Lipinski definition) is 3. The van der Waals surface area contributed by atoms with E-state index < -0.39 is 5.91 Å². The summed E-state index contributed by atoms with van der Waals surface area (Å²) >= 11 is 0. The molecule has 1 aromatic heterocycles. The fourth-order valence-corrected chi connectivity index (χ4v) is 2.02. The SMILES string of the molecule is C=C/C(=C\C=C/C)C1(Nc2ncc(C(=O)NO)cn2)CC1. The summed E-state index contributed by atoms with van der Waals surface area (Å²) in [5.41, 5.74) is 2.64. The quantitative estimate of drug-likeness (QED) is 0.424. The van der Waals surface area contributed by atoms with Crippen LogP contribution in [0, 0.1) is 0 Å². The van der Waals surface area contributed by atoms with Crippen LogP contribution in [0.5, 0.6) is 0 Å². The van der Waals surface area contributed by atoms with Crippen molar-refractivity contribution >= 4 is 11.9 Å². The molecule has 1 heterocycles. The Labute approximate surface area is 123 Å². The molecular formula is C15H18N4O2. The number of hydrogen-bond acceptors (Lipinski definition) is 5. The van der Waals surface area contributed by atoms with Crippen molar-refractivity contribution in [2.24, 2.45) is 0 Å². The number of nitrogens with one attached hydrogen (secondary N) is 2. The van der Waals surface area contributed by atoms with Crippen molar-refractivity contribution in [2.75, 3.05) is 5.32 Å². The van der Waals surface area contributed by atoms with E-state index in [4.69, 9.17) is 5.21 Å². The van der Waals surface area contributed by atoms with Gasteiger partial charge >= 0.3 is 0 Å². The van der Waals surface area contributed by atoms with Gasteiger partial charge in [0.1, 0.15) is 0 Å². The molecule has 1 amide bonds. The number of carbonyl (C=O) groups excluding carboxylic acids is 1. The molecule has 0 saturated heterocycles. The number of amides is 1. The Bertz CT molecular complexity index is 586. The third kappa shape index (κ3) is 3.35. The molecule has 1 fully saturated rings. The second kappa shape index (κ2) is 6.32. The molecule has 0 atom stereocenters. The van der Waals surface area contributed by atoms with Gasteiger partial charge in [-0.1, -0.05) is 30.9 Å². The Morgan fingerprint density at radius 2 is 2.10 bits per heavy atom. The highest BCUT2D eigenvalue weighted by molar-refractivity contribution is 5.92. The number of nitrogens with zero attached hydrogens (tertiary/aromatic N) is 2. The average molecular weight is 286 g/mol. The average Bonchev–Trinajstić information content (AvgIpc) is 3.28. The Balaban J connectivity index is 2.14. The summed E-state index contributed by atoms with van der Waals surface area (Å²) in [5.74, 6) is -0.197. The molecule has 0 unspecified atom stereocenters. The van der Waals surface area contributed by atoms with Gasteiger partial charge in [0.15, 0.2) is 0 Å². The van der Waals surface area contributed by atoms with Crippen LogP contribution in [0.2, 0.25) is 0 Å². The molecule has 0 spiro atoms. The molecular weight excluding hydrogens is 268 g/mol. The Hall–Kier alpha value is -2.47. The third-order valence-corrected chi connectivity index (χ3v) is 3.36. The molecule has 3 N–H and O–H groups in total. The fraction of sp³-hybridized carbons (Fsp3) is 0.267. The van der Waals surface area contributed by atoms with Gasteiger partial charge in [0.05, 0.1) is 11.1 Å². The maximum Gasteiger partial charge on any atom is 0.277 e. The van der Waals surface area contributed by atoms with Gasteiger partial charge in [-0.3, -0.25) is 10.0 Å². The molecule has 6 heteroatoms. The fourth-order valence-electron chi connectivity index (χ4n) is 2.02. The molecule has 1 aromatic rings. The minimum absolute atomic E-state index is 0.179. The van der Waals surface area contributed by atoms with Crippen molar-refractivity contribution in [3.05, 3.63) is 54.4 Å². The number of anilines is 1. The Kier molecular flexibility index (Phi) is 4.49. The van der Waals surface area contributed by atoms with E-state index in [1.54, 1.807) is 5.48 Å². The number of carbonyl (C=O) groups is 1. The molecule has 2 rings (SSSR count). The van der Waals surface area contributed by atoms with Crippen LogP contribution in [0.1, 0.15) is 30.1 Å². The maximum absolute atomic E-state index is 11.2. The largest absolute Gasteiger partial charge is 0.345 e. The van der Waals surface area contributed by atoms with Crippen molar-refractivity contribution in [3.8, 4) is 0 Å². The molecule has 0 radical (unpaired) electrons. The summed E-state index contributed by atoms with van der Waals surface area (Å²) in [6.45, 7) is 5.80. The Morgan fingerprint density at radius 3 is 2.57 bits per heavy atom. The predicted molar refractivity (Wildman–Crippen MR) is 80.0 cm³/mol.